The van der Waals surface area contributed by atoms with Crippen LogP contribution in [0.5, 0.6) is 0 Å². The molecule has 0 aliphatic heterocycles. The van der Waals surface area contributed by atoms with Gasteiger partial charge in [-0.15, -0.1) is 0 Å². The fraction of sp³-hybridized carbons (Fsp3) is 0.343. The molecule has 1 fully saturated rings. The van der Waals surface area contributed by atoms with Crippen molar-refractivity contribution >= 4 is 29.3 Å². The summed E-state index contributed by atoms with van der Waals surface area (Å²) in [7, 11) is 3.96. The van der Waals surface area contributed by atoms with Gasteiger partial charge in [0, 0.05) is 43.0 Å². The van der Waals surface area contributed by atoms with Crippen molar-refractivity contribution < 1.29 is 18.7 Å². The van der Waals surface area contributed by atoms with Gasteiger partial charge in [-0.2, -0.15) is 5.26 Å². The summed E-state index contributed by atoms with van der Waals surface area (Å²) in [6.07, 6.45) is 7.02. The third-order valence-corrected chi connectivity index (χ3v) is 7.50. The zero-order valence-electron chi connectivity index (χ0n) is 24.8. The summed E-state index contributed by atoms with van der Waals surface area (Å²) in [5, 5.41) is 10.0. The molecule has 0 heterocycles. The summed E-state index contributed by atoms with van der Waals surface area (Å²) >= 11 is 0. The van der Waals surface area contributed by atoms with E-state index in [1.807, 2.05) is 61.5 Å². The molecule has 1 saturated carbocycles. The average molecular weight is 568 g/mol. The zero-order chi connectivity index (χ0) is 30.2. The third-order valence-electron chi connectivity index (χ3n) is 7.50. The highest BCUT2D eigenvalue weighted by Gasteiger charge is 2.28. The Morgan fingerprint density at radius 1 is 1.00 bits per heavy atom. The molecular formula is C35H38FN3O3. The Bertz CT molecular complexity index is 1480. The van der Waals surface area contributed by atoms with Gasteiger partial charge in [0.15, 0.2) is 0 Å². The van der Waals surface area contributed by atoms with E-state index < -0.39 is 11.8 Å². The minimum atomic E-state index is -0.564. The molecule has 1 aliphatic carbocycles. The normalized spacial score (nSPS) is 13.6. The molecule has 6 nitrogen and oxygen atoms in total. The van der Waals surface area contributed by atoms with Gasteiger partial charge in [-0.05, 0) is 85.9 Å². The van der Waals surface area contributed by atoms with Crippen LogP contribution in [0.25, 0.3) is 17.2 Å². The van der Waals surface area contributed by atoms with Crippen LogP contribution in [0.2, 0.25) is 0 Å². The molecule has 0 radical (unpaired) electrons. The number of halogens is 1. The van der Waals surface area contributed by atoms with E-state index in [9.17, 15) is 19.2 Å². The molecule has 0 N–H and O–H groups in total. The molecule has 218 valence electrons. The molecule has 4 rings (SSSR count). The van der Waals surface area contributed by atoms with E-state index >= 15 is 0 Å². The standard InChI is InChI=1S/C35H38FN3O3/c1-24(2)42-34(40)19-13-28-21-31(16-18-33(28)36)39(35(41)27-8-6-5-7-9-27)23-25-10-17-32(29(20-25)22-37)26-11-14-30(15-12-26)38(3)4/h10-21,24,27H,5-9,23H2,1-4H3/b19-13+. The number of rotatable bonds is 9. The Balaban J connectivity index is 1.67. The van der Waals surface area contributed by atoms with Crippen molar-refractivity contribution in [3.05, 3.63) is 89.2 Å². The van der Waals surface area contributed by atoms with Crippen LogP contribution in [0.3, 0.4) is 0 Å². The van der Waals surface area contributed by atoms with Gasteiger partial charge in [-0.25, -0.2) is 9.18 Å². The molecule has 0 spiro atoms. The first-order chi connectivity index (χ1) is 20.2. The maximum Gasteiger partial charge on any atom is 0.331 e. The summed E-state index contributed by atoms with van der Waals surface area (Å²) in [6, 6.07) is 20.5. The second kappa shape index (κ2) is 14.0. The number of hydrogen-bond donors (Lipinski definition) is 0. The lowest BCUT2D eigenvalue weighted by Crippen LogP contribution is -2.36. The van der Waals surface area contributed by atoms with Gasteiger partial charge in [0.25, 0.3) is 0 Å². The Hall–Kier alpha value is -4.44. The van der Waals surface area contributed by atoms with E-state index in [1.165, 1.54) is 18.2 Å². The summed E-state index contributed by atoms with van der Waals surface area (Å²) in [5.41, 5.74) is 4.85. The predicted molar refractivity (Wildman–Crippen MR) is 165 cm³/mol. The number of esters is 1. The molecular weight excluding hydrogens is 529 g/mol. The summed E-state index contributed by atoms with van der Waals surface area (Å²) in [6.45, 7) is 3.72. The van der Waals surface area contributed by atoms with Gasteiger partial charge in [0.05, 0.1) is 24.3 Å². The zero-order valence-corrected chi connectivity index (χ0v) is 24.8. The molecule has 0 aromatic heterocycles. The van der Waals surface area contributed by atoms with E-state index in [2.05, 4.69) is 6.07 Å². The van der Waals surface area contributed by atoms with E-state index in [0.717, 1.165) is 54.5 Å². The Morgan fingerprint density at radius 3 is 2.33 bits per heavy atom. The van der Waals surface area contributed by atoms with Gasteiger partial charge < -0.3 is 14.5 Å². The molecule has 0 atom stereocenters. The van der Waals surface area contributed by atoms with Crippen LogP contribution in [0.15, 0.2) is 66.7 Å². The highest BCUT2D eigenvalue weighted by molar-refractivity contribution is 5.95. The number of ether oxygens (including phenoxy) is 1. The minimum absolute atomic E-state index is 0.0164. The van der Waals surface area contributed by atoms with Crippen molar-refractivity contribution in [1.82, 2.24) is 0 Å². The van der Waals surface area contributed by atoms with Gasteiger partial charge in [0.2, 0.25) is 5.91 Å². The number of amides is 1. The number of benzene rings is 3. The SMILES string of the molecule is CC(C)OC(=O)/C=C/c1cc(N(Cc2ccc(-c3ccc(N(C)C)cc3)c(C#N)c2)C(=O)C2CCCCC2)ccc1F. The summed E-state index contributed by atoms with van der Waals surface area (Å²) < 4.78 is 19.9. The van der Waals surface area contributed by atoms with Gasteiger partial charge in [-0.3, -0.25) is 4.79 Å². The number of anilines is 2. The van der Waals surface area contributed by atoms with Gasteiger partial charge in [-0.1, -0.05) is 43.5 Å². The van der Waals surface area contributed by atoms with Crippen molar-refractivity contribution in [1.29, 1.82) is 5.26 Å². The fourth-order valence-electron chi connectivity index (χ4n) is 5.28. The average Bonchev–Trinajstić information content (AvgIpc) is 2.99. The van der Waals surface area contributed by atoms with Crippen LogP contribution >= 0.6 is 0 Å². The summed E-state index contributed by atoms with van der Waals surface area (Å²) in [4.78, 5) is 29.6. The van der Waals surface area contributed by atoms with Crippen molar-refractivity contribution in [2.75, 3.05) is 23.9 Å². The van der Waals surface area contributed by atoms with Crippen LogP contribution < -0.4 is 9.80 Å². The highest BCUT2D eigenvalue weighted by Crippen LogP contribution is 2.31. The van der Waals surface area contributed by atoms with Crippen LogP contribution in [0.4, 0.5) is 15.8 Å². The topological polar surface area (TPSA) is 73.6 Å². The third kappa shape index (κ3) is 7.64. The Morgan fingerprint density at radius 2 is 1.69 bits per heavy atom. The smallest absolute Gasteiger partial charge is 0.331 e. The molecule has 1 amide bonds. The molecule has 7 heteroatoms. The van der Waals surface area contributed by atoms with Crippen LogP contribution in [0, 0.1) is 23.1 Å². The Kier molecular flexibility index (Phi) is 10.1. The van der Waals surface area contributed by atoms with Crippen molar-refractivity contribution in [2.24, 2.45) is 5.92 Å². The Labute approximate surface area is 248 Å². The first-order valence-electron chi connectivity index (χ1n) is 14.5. The lowest BCUT2D eigenvalue weighted by atomic mass is 9.88. The van der Waals surface area contributed by atoms with E-state index in [-0.39, 0.29) is 30.0 Å². The lowest BCUT2D eigenvalue weighted by molar-refractivity contribution is -0.141. The second-order valence-electron chi connectivity index (χ2n) is 11.2. The minimum Gasteiger partial charge on any atom is -0.460 e. The quantitative estimate of drug-likeness (QED) is 0.198. The number of carbonyl (C=O) groups is 2. The van der Waals surface area contributed by atoms with E-state index in [1.54, 1.807) is 30.9 Å². The molecule has 1 aliphatic rings. The van der Waals surface area contributed by atoms with Crippen LogP contribution in [-0.4, -0.2) is 32.1 Å². The van der Waals surface area contributed by atoms with Crippen molar-refractivity contribution in [3.8, 4) is 17.2 Å². The first-order valence-corrected chi connectivity index (χ1v) is 14.5. The number of carbonyl (C=O) groups excluding carboxylic acids is 2. The first kappa shape index (κ1) is 30.5. The van der Waals surface area contributed by atoms with E-state index in [4.69, 9.17) is 4.74 Å². The molecule has 0 unspecified atom stereocenters. The fourth-order valence-corrected chi connectivity index (χ4v) is 5.28. The highest BCUT2D eigenvalue weighted by atomic mass is 19.1. The number of hydrogen-bond acceptors (Lipinski definition) is 5. The maximum atomic E-state index is 14.8. The molecule has 3 aromatic carbocycles. The molecule has 0 bridgehead atoms. The lowest BCUT2D eigenvalue weighted by Gasteiger charge is -2.30. The van der Waals surface area contributed by atoms with Crippen LogP contribution in [0.1, 0.15) is 62.6 Å². The number of nitrogens with zero attached hydrogens (tertiary/aromatic N) is 3. The van der Waals surface area contributed by atoms with Gasteiger partial charge in [0.1, 0.15) is 5.82 Å². The molecule has 3 aromatic rings. The second-order valence-corrected chi connectivity index (χ2v) is 11.2. The largest absolute Gasteiger partial charge is 0.460 e. The predicted octanol–water partition coefficient (Wildman–Crippen LogP) is 7.51. The number of nitriles is 1. The van der Waals surface area contributed by atoms with E-state index in [0.29, 0.717) is 11.3 Å². The van der Waals surface area contributed by atoms with Crippen LogP contribution in [-0.2, 0) is 20.9 Å². The van der Waals surface area contributed by atoms with Crippen molar-refractivity contribution in [3.63, 3.8) is 0 Å². The molecule has 0 saturated heterocycles. The molecule has 42 heavy (non-hydrogen) atoms. The monoisotopic (exact) mass is 567 g/mol. The van der Waals surface area contributed by atoms with Gasteiger partial charge >= 0.3 is 5.97 Å². The summed E-state index contributed by atoms with van der Waals surface area (Å²) in [5.74, 6) is -1.20. The van der Waals surface area contributed by atoms with Crippen molar-refractivity contribution in [2.45, 2.75) is 58.6 Å². The maximum absolute atomic E-state index is 14.8.